The molecule has 0 bridgehead atoms. The minimum Gasteiger partial charge on any atom is -0.383 e. The first kappa shape index (κ1) is 9.36. The minimum atomic E-state index is 0.414. The van der Waals surface area contributed by atoms with Crippen LogP contribution in [0.3, 0.4) is 0 Å². The van der Waals surface area contributed by atoms with Crippen LogP contribution in [-0.2, 0) is 24.3 Å². The average Bonchev–Trinajstić information content (AvgIpc) is 2.18. The van der Waals surface area contributed by atoms with Crippen molar-refractivity contribution >= 4 is 5.82 Å². The molecule has 2 heterocycles. The Labute approximate surface area is 82.7 Å². The highest BCUT2D eigenvalue weighted by Gasteiger charge is 2.15. The molecular weight excluding hydrogens is 180 g/mol. The molecule has 0 saturated heterocycles. The number of nitrogens with zero attached hydrogens (tertiary/aromatic N) is 2. The monoisotopic (exact) mass is 194 g/mol. The number of nitrogens with one attached hydrogen (secondary N) is 1. The van der Waals surface area contributed by atoms with Crippen LogP contribution in [0, 0.1) is 0 Å². The van der Waals surface area contributed by atoms with Crippen LogP contribution in [0.15, 0.2) is 0 Å². The standard InChI is InChI=1S/C9H14N4O/c1-14-5-8-12-7-4-11-3-2-6(7)9(10)13-8/h11H,2-5H2,1H3,(H2,10,12,13). The van der Waals surface area contributed by atoms with Crippen molar-refractivity contribution in [1.29, 1.82) is 0 Å². The van der Waals surface area contributed by atoms with Gasteiger partial charge in [-0.15, -0.1) is 0 Å². The molecule has 0 unspecified atom stereocenters. The molecule has 0 amide bonds. The first-order valence-electron chi connectivity index (χ1n) is 4.65. The normalized spacial score (nSPS) is 15.2. The first-order chi connectivity index (χ1) is 6.81. The zero-order chi connectivity index (χ0) is 9.97. The quantitative estimate of drug-likeness (QED) is 0.685. The number of fused-ring (bicyclic) bond motifs is 1. The molecule has 3 N–H and O–H groups in total. The second-order valence-corrected chi connectivity index (χ2v) is 3.31. The maximum Gasteiger partial charge on any atom is 0.156 e. The lowest BCUT2D eigenvalue weighted by Gasteiger charge is -2.17. The molecule has 0 saturated carbocycles. The third kappa shape index (κ3) is 1.69. The van der Waals surface area contributed by atoms with Crippen LogP contribution in [0.5, 0.6) is 0 Å². The van der Waals surface area contributed by atoms with Gasteiger partial charge in [0.25, 0.3) is 0 Å². The number of rotatable bonds is 2. The molecule has 5 heteroatoms. The van der Waals surface area contributed by atoms with E-state index in [9.17, 15) is 0 Å². The minimum absolute atomic E-state index is 0.414. The molecule has 0 aromatic carbocycles. The van der Waals surface area contributed by atoms with E-state index in [2.05, 4.69) is 15.3 Å². The SMILES string of the molecule is COCc1nc(N)c2c(n1)CNCC2. The summed E-state index contributed by atoms with van der Waals surface area (Å²) in [6, 6.07) is 0. The maximum absolute atomic E-state index is 5.84. The second kappa shape index (κ2) is 3.89. The Morgan fingerprint density at radius 2 is 2.36 bits per heavy atom. The van der Waals surface area contributed by atoms with Crippen LogP contribution < -0.4 is 11.1 Å². The Balaban J connectivity index is 2.36. The first-order valence-corrected chi connectivity index (χ1v) is 4.65. The lowest BCUT2D eigenvalue weighted by atomic mass is 10.1. The molecule has 5 nitrogen and oxygen atoms in total. The summed E-state index contributed by atoms with van der Waals surface area (Å²) in [6.45, 7) is 2.14. The molecule has 1 aliphatic rings. The summed E-state index contributed by atoms with van der Waals surface area (Å²) in [7, 11) is 1.62. The molecule has 1 aromatic rings. The summed E-state index contributed by atoms with van der Waals surface area (Å²) in [4.78, 5) is 8.58. The van der Waals surface area contributed by atoms with Crippen molar-refractivity contribution in [2.45, 2.75) is 19.6 Å². The molecule has 0 fully saturated rings. The van der Waals surface area contributed by atoms with E-state index in [-0.39, 0.29) is 0 Å². The van der Waals surface area contributed by atoms with E-state index in [4.69, 9.17) is 10.5 Å². The summed E-state index contributed by atoms with van der Waals surface area (Å²) in [5.74, 6) is 1.26. The number of hydrogen-bond donors (Lipinski definition) is 2. The van der Waals surface area contributed by atoms with E-state index >= 15 is 0 Å². The lowest BCUT2D eigenvalue weighted by Crippen LogP contribution is -2.26. The Morgan fingerprint density at radius 1 is 1.50 bits per heavy atom. The number of nitrogens with two attached hydrogens (primary N) is 1. The topological polar surface area (TPSA) is 73.1 Å². The summed E-state index contributed by atoms with van der Waals surface area (Å²) in [5, 5.41) is 3.25. The van der Waals surface area contributed by atoms with Crippen LogP contribution in [0.1, 0.15) is 17.1 Å². The van der Waals surface area contributed by atoms with Gasteiger partial charge in [0, 0.05) is 19.2 Å². The fraction of sp³-hybridized carbons (Fsp3) is 0.556. The molecule has 0 radical (unpaired) electrons. The number of methoxy groups -OCH3 is 1. The van der Waals surface area contributed by atoms with Crippen molar-refractivity contribution in [3.05, 3.63) is 17.1 Å². The number of hydrogen-bond acceptors (Lipinski definition) is 5. The van der Waals surface area contributed by atoms with Crippen molar-refractivity contribution in [1.82, 2.24) is 15.3 Å². The third-order valence-corrected chi connectivity index (χ3v) is 2.29. The molecular formula is C9H14N4O. The maximum atomic E-state index is 5.84. The average molecular weight is 194 g/mol. The van der Waals surface area contributed by atoms with E-state index < -0.39 is 0 Å². The Bertz CT molecular complexity index is 340. The molecule has 14 heavy (non-hydrogen) atoms. The van der Waals surface area contributed by atoms with Crippen LogP contribution in [-0.4, -0.2) is 23.6 Å². The summed E-state index contributed by atoms with van der Waals surface area (Å²) < 4.78 is 4.97. The largest absolute Gasteiger partial charge is 0.383 e. The van der Waals surface area contributed by atoms with Crippen molar-refractivity contribution in [3.8, 4) is 0 Å². The lowest BCUT2D eigenvalue weighted by molar-refractivity contribution is 0.177. The summed E-state index contributed by atoms with van der Waals surface area (Å²) >= 11 is 0. The van der Waals surface area contributed by atoms with Crippen LogP contribution in [0.25, 0.3) is 0 Å². The summed E-state index contributed by atoms with van der Waals surface area (Å²) in [5.41, 5.74) is 7.93. The van der Waals surface area contributed by atoms with Crippen LogP contribution >= 0.6 is 0 Å². The number of nitrogen functional groups attached to an aromatic ring is 1. The highest BCUT2D eigenvalue weighted by molar-refractivity contribution is 5.43. The zero-order valence-corrected chi connectivity index (χ0v) is 8.21. The van der Waals surface area contributed by atoms with E-state index in [1.54, 1.807) is 7.11 Å². The fourth-order valence-electron chi connectivity index (χ4n) is 1.64. The van der Waals surface area contributed by atoms with E-state index in [0.29, 0.717) is 18.2 Å². The molecule has 0 aliphatic carbocycles. The van der Waals surface area contributed by atoms with Gasteiger partial charge in [-0.25, -0.2) is 9.97 Å². The van der Waals surface area contributed by atoms with Gasteiger partial charge in [0.1, 0.15) is 12.4 Å². The van der Waals surface area contributed by atoms with Crippen molar-refractivity contribution < 1.29 is 4.74 Å². The van der Waals surface area contributed by atoms with Crippen LogP contribution in [0.4, 0.5) is 5.82 Å². The molecule has 1 aromatic heterocycles. The Kier molecular flexibility index (Phi) is 2.60. The molecule has 76 valence electrons. The third-order valence-electron chi connectivity index (χ3n) is 2.29. The van der Waals surface area contributed by atoms with Crippen LogP contribution in [0.2, 0.25) is 0 Å². The van der Waals surface area contributed by atoms with Gasteiger partial charge < -0.3 is 15.8 Å². The summed E-state index contributed by atoms with van der Waals surface area (Å²) in [6.07, 6.45) is 0.911. The fourth-order valence-corrected chi connectivity index (χ4v) is 1.64. The van der Waals surface area contributed by atoms with Crippen molar-refractivity contribution in [2.75, 3.05) is 19.4 Å². The van der Waals surface area contributed by atoms with Gasteiger partial charge in [-0.2, -0.15) is 0 Å². The highest BCUT2D eigenvalue weighted by atomic mass is 16.5. The van der Waals surface area contributed by atoms with Gasteiger partial charge in [0.05, 0.1) is 5.69 Å². The van der Waals surface area contributed by atoms with Gasteiger partial charge in [0.2, 0.25) is 0 Å². The zero-order valence-electron chi connectivity index (χ0n) is 8.21. The molecule has 0 atom stereocenters. The molecule has 1 aliphatic heterocycles. The van der Waals surface area contributed by atoms with Gasteiger partial charge in [-0.3, -0.25) is 0 Å². The van der Waals surface area contributed by atoms with E-state index in [1.807, 2.05) is 0 Å². The van der Waals surface area contributed by atoms with E-state index in [1.165, 1.54) is 0 Å². The highest BCUT2D eigenvalue weighted by Crippen LogP contribution is 2.17. The van der Waals surface area contributed by atoms with Gasteiger partial charge in [-0.1, -0.05) is 0 Å². The Hall–Kier alpha value is -1.20. The predicted molar refractivity (Wildman–Crippen MR) is 52.6 cm³/mol. The van der Waals surface area contributed by atoms with Crippen molar-refractivity contribution in [3.63, 3.8) is 0 Å². The number of anilines is 1. The smallest absolute Gasteiger partial charge is 0.156 e. The number of aromatic nitrogens is 2. The van der Waals surface area contributed by atoms with Gasteiger partial charge in [0.15, 0.2) is 5.82 Å². The second-order valence-electron chi connectivity index (χ2n) is 3.31. The van der Waals surface area contributed by atoms with Crippen molar-refractivity contribution in [2.24, 2.45) is 0 Å². The van der Waals surface area contributed by atoms with Gasteiger partial charge in [-0.05, 0) is 13.0 Å². The molecule has 0 spiro atoms. The Morgan fingerprint density at radius 3 is 3.14 bits per heavy atom. The van der Waals surface area contributed by atoms with E-state index in [0.717, 1.165) is 30.8 Å². The van der Waals surface area contributed by atoms with Gasteiger partial charge >= 0.3 is 0 Å². The molecule has 2 rings (SSSR count). The number of ether oxygens (including phenoxy) is 1. The predicted octanol–water partition coefficient (Wildman–Crippen LogP) is -0.149.